The first-order valence-corrected chi connectivity index (χ1v) is 17.7. The van der Waals surface area contributed by atoms with Crippen LogP contribution in [0.5, 0.6) is 0 Å². The Hall–Kier alpha value is -7.24. The quantitative estimate of drug-likeness (QED) is 0.182. The van der Waals surface area contributed by atoms with Crippen LogP contribution in [-0.2, 0) is 0 Å². The van der Waals surface area contributed by atoms with E-state index in [0.29, 0.717) is 0 Å². The minimum atomic E-state index is 0.777. The monoisotopic (exact) mass is 680 g/mol. The van der Waals surface area contributed by atoms with Crippen LogP contribution in [0.2, 0.25) is 0 Å². The Bertz CT molecular complexity index is 3690. The number of hydrogen-bond acceptors (Lipinski definition) is 5. The highest BCUT2D eigenvalue weighted by Crippen LogP contribution is 2.42. The zero-order chi connectivity index (χ0) is 34.4. The molecule has 5 aromatic heterocycles. The summed E-state index contributed by atoms with van der Waals surface area (Å²) in [6, 6.07) is 50.5. The molecule has 0 amide bonds. The summed E-state index contributed by atoms with van der Waals surface area (Å²) >= 11 is 0. The number of benzene rings is 8. The zero-order valence-electron chi connectivity index (χ0n) is 27.9. The van der Waals surface area contributed by atoms with Crippen molar-refractivity contribution in [1.82, 2.24) is 0 Å². The van der Waals surface area contributed by atoms with Gasteiger partial charge in [0.15, 0.2) is 11.2 Å². The molecule has 13 rings (SSSR count). The lowest BCUT2D eigenvalue weighted by atomic mass is 9.98. The van der Waals surface area contributed by atoms with Gasteiger partial charge in [-0.3, -0.25) is 0 Å². The maximum atomic E-state index is 6.42. The number of fused-ring (bicyclic) bond motifs is 16. The summed E-state index contributed by atoms with van der Waals surface area (Å²) in [5, 5.41) is 10.7. The van der Waals surface area contributed by atoms with Gasteiger partial charge in [0.25, 0.3) is 0 Å². The van der Waals surface area contributed by atoms with Gasteiger partial charge >= 0.3 is 0 Å². The van der Waals surface area contributed by atoms with Crippen LogP contribution in [0, 0.1) is 0 Å². The number of para-hydroxylation sites is 2. The molecule has 0 fully saturated rings. The van der Waals surface area contributed by atoms with E-state index < -0.39 is 0 Å². The molecule has 0 unspecified atom stereocenters. The molecule has 0 saturated heterocycles. The molecule has 0 radical (unpaired) electrons. The third-order valence-corrected chi connectivity index (χ3v) is 11.1. The topological polar surface area (TPSA) is 65.7 Å². The molecular formula is C48H24O5. The molecule has 8 aromatic carbocycles. The van der Waals surface area contributed by atoms with Gasteiger partial charge < -0.3 is 22.1 Å². The second kappa shape index (κ2) is 9.75. The van der Waals surface area contributed by atoms with Crippen molar-refractivity contribution < 1.29 is 22.1 Å². The first-order valence-electron chi connectivity index (χ1n) is 17.7. The van der Waals surface area contributed by atoms with Gasteiger partial charge in [-0.05, 0) is 101 Å². The van der Waals surface area contributed by atoms with Crippen LogP contribution in [0.4, 0.5) is 0 Å². The largest absolute Gasteiger partial charge is 0.456 e. The molecule has 53 heavy (non-hydrogen) atoms. The lowest BCUT2D eigenvalue weighted by molar-refractivity contribution is 0.633. The molecule has 0 aliphatic rings. The van der Waals surface area contributed by atoms with Crippen molar-refractivity contribution in [3.63, 3.8) is 0 Å². The van der Waals surface area contributed by atoms with Crippen LogP contribution < -0.4 is 0 Å². The van der Waals surface area contributed by atoms with Gasteiger partial charge in [0.2, 0.25) is 0 Å². The summed E-state index contributed by atoms with van der Waals surface area (Å²) in [5.41, 5.74) is 12.8. The van der Waals surface area contributed by atoms with Gasteiger partial charge in [0.05, 0.1) is 0 Å². The first kappa shape index (κ1) is 27.5. The molecule has 0 atom stereocenters. The Morgan fingerprint density at radius 2 is 0.547 bits per heavy atom. The van der Waals surface area contributed by atoms with Crippen LogP contribution in [0.15, 0.2) is 168 Å². The van der Waals surface area contributed by atoms with E-state index in [-0.39, 0.29) is 0 Å². The van der Waals surface area contributed by atoms with Crippen LogP contribution >= 0.6 is 0 Å². The molecule has 0 aliphatic heterocycles. The third kappa shape index (κ3) is 3.75. The fourth-order valence-electron chi connectivity index (χ4n) is 8.51. The fraction of sp³-hybridized carbons (Fsp3) is 0. The zero-order valence-corrected chi connectivity index (χ0v) is 27.9. The van der Waals surface area contributed by atoms with E-state index in [4.69, 9.17) is 22.1 Å². The molecular weight excluding hydrogens is 657 g/mol. The molecule has 5 heterocycles. The highest BCUT2D eigenvalue weighted by Gasteiger charge is 2.18. The summed E-state index contributed by atoms with van der Waals surface area (Å²) in [4.78, 5) is 0. The number of rotatable bonds is 2. The average Bonchev–Trinajstić information content (AvgIpc) is 4.01. The predicted molar refractivity (Wildman–Crippen MR) is 214 cm³/mol. The lowest BCUT2D eigenvalue weighted by Gasteiger charge is -2.04. The second-order valence-corrected chi connectivity index (χ2v) is 14.0. The molecule has 0 N–H and O–H groups in total. The molecule has 246 valence electrons. The normalized spacial score (nSPS) is 12.5. The molecule has 0 aliphatic carbocycles. The highest BCUT2D eigenvalue weighted by atomic mass is 16.4. The Labute approximate surface area is 298 Å². The summed E-state index contributed by atoms with van der Waals surface area (Å²) in [6.07, 6.45) is 0. The van der Waals surface area contributed by atoms with E-state index in [1.54, 1.807) is 0 Å². The first-order chi connectivity index (χ1) is 26.2. The van der Waals surface area contributed by atoms with Crippen LogP contribution in [0.25, 0.3) is 132 Å². The van der Waals surface area contributed by atoms with E-state index >= 15 is 0 Å². The Morgan fingerprint density at radius 3 is 1.08 bits per heavy atom. The van der Waals surface area contributed by atoms with E-state index in [1.807, 2.05) is 42.5 Å². The van der Waals surface area contributed by atoms with E-state index in [2.05, 4.69) is 103 Å². The van der Waals surface area contributed by atoms with Gasteiger partial charge in [0, 0.05) is 59.9 Å². The average molecular weight is 681 g/mol. The number of hydrogen-bond donors (Lipinski definition) is 0. The molecule has 5 nitrogen and oxygen atoms in total. The van der Waals surface area contributed by atoms with Gasteiger partial charge in [0.1, 0.15) is 44.7 Å². The smallest absolute Gasteiger partial charge is 0.178 e. The van der Waals surface area contributed by atoms with Gasteiger partial charge in [-0.2, -0.15) is 0 Å². The lowest BCUT2D eigenvalue weighted by Crippen LogP contribution is -1.79. The minimum Gasteiger partial charge on any atom is -0.456 e. The summed E-state index contributed by atoms with van der Waals surface area (Å²) < 4.78 is 31.5. The second-order valence-electron chi connectivity index (χ2n) is 14.0. The maximum absolute atomic E-state index is 6.42. The van der Waals surface area contributed by atoms with E-state index in [0.717, 1.165) is 132 Å². The Morgan fingerprint density at radius 1 is 0.208 bits per heavy atom. The van der Waals surface area contributed by atoms with Crippen molar-refractivity contribution in [2.45, 2.75) is 0 Å². The van der Waals surface area contributed by atoms with Crippen molar-refractivity contribution >= 4 is 110 Å². The molecule has 5 heteroatoms. The maximum Gasteiger partial charge on any atom is 0.178 e. The summed E-state index contributed by atoms with van der Waals surface area (Å²) in [5.74, 6) is 0. The Kier molecular flexibility index (Phi) is 5.06. The summed E-state index contributed by atoms with van der Waals surface area (Å²) in [6.45, 7) is 0. The minimum absolute atomic E-state index is 0.777. The Balaban J connectivity index is 0.933. The predicted octanol–water partition coefficient (Wildman–Crippen LogP) is 14.5. The molecule has 13 aromatic rings. The van der Waals surface area contributed by atoms with E-state index in [9.17, 15) is 0 Å². The van der Waals surface area contributed by atoms with E-state index in [1.165, 1.54) is 0 Å². The van der Waals surface area contributed by atoms with Crippen LogP contribution in [-0.4, -0.2) is 0 Å². The van der Waals surface area contributed by atoms with Gasteiger partial charge in [-0.15, -0.1) is 0 Å². The third-order valence-electron chi connectivity index (χ3n) is 11.1. The van der Waals surface area contributed by atoms with Crippen molar-refractivity contribution in [3.05, 3.63) is 146 Å². The van der Waals surface area contributed by atoms with Crippen molar-refractivity contribution in [3.8, 4) is 22.3 Å². The molecule has 0 saturated carbocycles. The fourth-order valence-corrected chi connectivity index (χ4v) is 8.51. The molecule has 0 spiro atoms. The highest BCUT2D eigenvalue weighted by molar-refractivity contribution is 6.20. The van der Waals surface area contributed by atoms with Gasteiger partial charge in [-0.25, -0.2) is 0 Å². The molecule has 0 bridgehead atoms. The van der Waals surface area contributed by atoms with Crippen LogP contribution in [0.3, 0.4) is 0 Å². The van der Waals surface area contributed by atoms with Gasteiger partial charge in [-0.1, -0.05) is 60.7 Å². The standard InChI is InChI=1S/C48H24O5/c1-4-8-40-29(5-1)31-13-14-32-33-19-25(12-18-44(33)53-48(32)47(31)52-40)26-9-15-41-34(20-26)35-21-27(10-16-42(35)49-41)28-11-17-43-36(22-28)38-23-37-30-6-2-3-7-39(30)50-45(37)24-46(38)51-43/h1-24H. The summed E-state index contributed by atoms with van der Waals surface area (Å²) in [7, 11) is 0. The van der Waals surface area contributed by atoms with Crippen molar-refractivity contribution in [2.24, 2.45) is 0 Å². The SMILES string of the molecule is c1ccc2c(c1)oc1cc3oc4ccc(-c5ccc6oc7ccc(-c8ccc9oc%10c(ccc%11c%12ccccc%12oc%11%10)c9c8)cc7c6c5)cc4c3cc12. The number of furan rings is 5. The van der Waals surface area contributed by atoms with Crippen molar-refractivity contribution in [1.29, 1.82) is 0 Å². The van der Waals surface area contributed by atoms with Crippen molar-refractivity contribution in [2.75, 3.05) is 0 Å². The van der Waals surface area contributed by atoms with Crippen LogP contribution in [0.1, 0.15) is 0 Å².